The molecule has 0 saturated carbocycles. The van der Waals surface area contributed by atoms with E-state index in [0.717, 1.165) is 19.5 Å². The second-order valence-corrected chi connectivity index (χ2v) is 7.15. The molecule has 2 atom stereocenters. The van der Waals surface area contributed by atoms with Crippen LogP contribution >= 0.6 is 0 Å². The Bertz CT molecular complexity index is 682. The lowest BCUT2D eigenvalue weighted by atomic mass is 9.90. The van der Waals surface area contributed by atoms with Crippen LogP contribution in [-0.2, 0) is 0 Å². The molecule has 2 heterocycles. The molecule has 2 bridgehead atoms. The molecule has 122 valence electrons. The van der Waals surface area contributed by atoms with Crippen LogP contribution in [-0.4, -0.2) is 29.6 Å². The first-order chi connectivity index (χ1) is 11.8. The molecular formula is C21H23N3. The van der Waals surface area contributed by atoms with Gasteiger partial charge in [0.05, 0.1) is 18.5 Å². The normalized spacial score (nSPS) is 26.4. The molecule has 2 fully saturated rings. The van der Waals surface area contributed by atoms with Crippen molar-refractivity contribution < 1.29 is 0 Å². The van der Waals surface area contributed by atoms with Crippen molar-refractivity contribution in [1.82, 2.24) is 10.2 Å². The van der Waals surface area contributed by atoms with Gasteiger partial charge in [0.2, 0.25) is 0 Å². The molecule has 0 aromatic heterocycles. The number of hydrogen-bond donors (Lipinski definition) is 1. The average molecular weight is 317 g/mol. The van der Waals surface area contributed by atoms with E-state index in [-0.39, 0.29) is 11.6 Å². The Hall–Kier alpha value is -2.15. The standard InChI is InChI=1S/C21H23N3/c22-14-13-21-12-11-19(23-21)15-24(16-21)20(17-7-3-1-4-8-17)18-9-5-2-6-10-18/h1-10,19-20,23H,11-13,15-16H2. The van der Waals surface area contributed by atoms with Gasteiger partial charge in [-0.25, -0.2) is 0 Å². The SMILES string of the molecule is N#CCC12CCC(CN(C(c3ccccc3)c3ccccc3)C1)N2. The Kier molecular flexibility index (Phi) is 4.10. The zero-order valence-electron chi connectivity index (χ0n) is 13.9. The second kappa shape index (κ2) is 6.39. The third-order valence-corrected chi connectivity index (χ3v) is 5.46. The van der Waals surface area contributed by atoms with E-state index >= 15 is 0 Å². The third-order valence-electron chi connectivity index (χ3n) is 5.46. The summed E-state index contributed by atoms with van der Waals surface area (Å²) in [5, 5.41) is 13.0. The monoisotopic (exact) mass is 317 g/mol. The van der Waals surface area contributed by atoms with Crippen LogP contribution in [0.1, 0.15) is 36.4 Å². The van der Waals surface area contributed by atoms with Crippen LogP contribution in [0.25, 0.3) is 0 Å². The molecule has 2 aliphatic rings. The highest BCUT2D eigenvalue weighted by atomic mass is 15.3. The minimum atomic E-state index is -0.0283. The molecule has 2 aromatic rings. The molecule has 0 aliphatic carbocycles. The highest BCUT2D eigenvalue weighted by Crippen LogP contribution is 2.38. The number of hydrogen-bond acceptors (Lipinski definition) is 3. The van der Waals surface area contributed by atoms with Gasteiger partial charge in [-0.1, -0.05) is 60.7 Å². The second-order valence-electron chi connectivity index (χ2n) is 7.15. The number of nitrogens with one attached hydrogen (secondary N) is 1. The Morgan fingerprint density at radius 1 is 1.08 bits per heavy atom. The molecule has 2 unspecified atom stereocenters. The maximum Gasteiger partial charge on any atom is 0.0641 e. The first-order valence-electron chi connectivity index (χ1n) is 8.78. The first-order valence-corrected chi connectivity index (χ1v) is 8.78. The maximum absolute atomic E-state index is 9.28. The third kappa shape index (κ3) is 2.84. The van der Waals surface area contributed by atoms with E-state index in [0.29, 0.717) is 12.5 Å². The van der Waals surface area contributed by atoms with Gasteiger partial charge in [0.25, 0.3) is 0 Å². The number of nitriles is 1. The minimum absolute atomic E-state index is 0.0283. The van der Waals surface area contributed by atoms with Crippen molar-refractivity contribution in [1.29, 1.82) is 5.26 Å². The fourth-order valence-electron chi connectivity index (χ4n) is 4.45. The van der Waals surface area contributed by atoms with Gasteiger partial charge in [0.15, 0.2) is 0 Å². The number of piperazine rings is 1. The lowest BCUT2D eigenvalue weighted by Crippen LogP contribution is -2.60. The van der Waals surface area contributed by atoms with E-state index in [1.165, 1.54) is 17.5 Å². The molecule has 0 amide bonds. The van der Waals surface area contributed by atoms with Crippen molar-refractivity contribution in [2.24, 2.45) is 0 Å². The van der Waals surface area contributed by atoms with Crippen molar-refractivity contribution in [2.75, 3.05) is 13.1 Å². The lowest BCUT2D eigenvalue weighted by Gasteiger charge is -2.44. The van der Waals surface area contributed by atoms with Crippen LogP contribution in [0.2, 0.25) is 0 Å². The summed E-state index contributed by atoms with van der Waals surface area (Å²) in [4.78, 5) is 2.58. The summed E-state index contributed by atoms with van der Waals surface area (Å²) in [6.45, 7) is 1.98. The minimum Gasteiger partial charge on any atom is -0.305 e. The Morgan fingerprint density at radius 3 is 2.29 bits per heavy atom. The van der Waals surface area contributed by atoms with Crippen molar-refractivity contribution in [3.63, 3.8) is 0 Å². The molecular weight excluding hydrogens is 294 g/mol. The number of fused-ring (bicyclic) bond motifs is 2. The summed E-state index contributed by atoms with van der Waals surface area (Å²) in [6, 6.07) is 24.7. The molecule has 24 heavy (non-hydrogen) atoms. The zero-order chi connectivity index (χ0) is 16.4. The molecule has 1 N–H and O–H groups in total. The number of likely N-dealkylation sites (tertiary alicyclic amines) is 1. The summed E-state index contributed by atoms with van der Waals surface area (Å²) >= 11 is 0. The van der Waals surface area contributed by atoms with Crippen LogP contribution in [0.4, 0.5) is 0 Å². The van der Waals surface area contributed by atoms with Gasteiger partial charge >= 0.3 is 0 Å². The smallest absolute Gasteiger partial charge is 0.0641 e. The summed E-state index contributed by atoms with van der Waals surface area (Å²) in [5.41, 5.74) is 2.63. The molecule has 2 aliphatic heterocycles. The fraction of sp³-hybridized carbons (Fsp3) is 0.381. The highest BCUT2D eigenvalue weighted by molar-refractivity contribution is 5.32. The molecule has 0 radical (unpaired) electrons. The van der Waals surface area contributed by atoms with E-state index in [1.807, 2.05) is 0 Å². The van der Waals surface area contributed by atoms with Gasteiger partial charge in [-0.3, -0.25) is 4.90 Å². The van der Waals surface area contributed by atoms with Crippen LogP contribution in [0.5, 0.6) is 0 Å². The summed E-state index contributed by atoms with van der Waals surface area (Å²) in [6.07, 6.45) is 2.88. The summed E-state index contributed by atoms with van der Waals surface area (Å²) in [7, 11) is 0. The van der Waals surface area contributed by atoms with Crippen molar-refractivity contribution in [3.8, 4) is 6.07 Å². The van der Waals surface area contributed by atoms with E-state index in [4.69, 9.17) is 0 Å². The van der Waals surface area contributed by atoms with E-state index in [9.17, 15) is 5.26 Å². The van der Waals surface area contributed by atoms with Gasteiger partial charge in [-0.05, 0) is 24.0 Å². The largest absolute Gasteiger partial charge is 0.305 e. The van der Waals surface area contributed by atoms with E-state index < -0.39 is 0 Å². The molecule has 4 rings (SSSR count). The Morgan fingerprint density at radius 2 is 1.71 bits per heavy atom. The van der Waals surface area contributed by atoms with Gasteiger partial charge in [0, 0.05) is 24.7 Å². The first kappa shape index (κ1) is 15.4. The quantitative estimate of drug-likeness (QED) is 0.938. The highest BCUT2D eigenvalue weighted by Gasteiger charge is 2.46. The molecule has 3 heteroatoms. The molecule has 0 spiro atoms. The topological polar surface area (TPSA) is 39.1 Å². The summed E-state index contributed by atoms with van der Waals surface area (Å²) < 4.78 is 0. The van der Waals surface area contributed by atoms with Crippen molar-refractivity contribution in [2.45, 2.75) is 36.9 Å². The Labute approximate surface area is 143 Å². The molecule has 2 saturated heterocycles. The zero-order valence-corrected chi connectivity index (χ0v) is 13.9. The molecule has 3 nitrogen and oxygen atoms in total. The predicted molar refractivity (Wildman–Crippen MR) is 95.4 cm³/mol. The van der Waals surface area contributed by atoms with Gasteiger partial charge < -0.3 is 5.32 Å². The van der Waals surface area contributed by atoms with E-state index in [2.05, 4.69) is 76.9 Å². The fourth-order valence-corrected chi connectivity index (χ4v) is 4.45. The van der Waals surface area contributed by atoms with Crippen LogP contribution in [0, 0.1) is 11.3 Å². The van der Waals surface area contributed by atoms with E-state index in [1.54, 1.807) is 0 Å². The number of benzene rings is 2. The van der Waals surface area contributed by atoms with Crippen LogP contribution in [0.3, 0.4) is 0 Å². The van der Waals surface area contributed by atoms with Gasteiger partial charge in [-0.15, -0.1) is 0 Å². The number of nitrogens with zero attached hydrogens (tertiary/aromatic N) is 2. The van der Waals surface area contributed by atoms with Crippen molar-refractivity contribution >= 4 is 0 Å². The maximum atomic E-state index is 9.28. The molecule has 2 aromatic carbocycles. The average Bonchev–Trinajstić information content (AvgIpc) is 2.92. The van der Waals surface area contributed by atoms with Crippen molar-refractivity contribution in [3.05, 3.63) is 71.8 Å². The van der Waals surface area contributed by atoms with Gasteiger partial charge in [0.1, 0.15) is 0 Å². The number of rotatable bonds is 4. The predicted octanol–water partition coefficient (Wildman–Crippen LogP) is 3.50. The summed E-state index contributed by atoms with van der Waals surface area (Å²) in [5.74, 6) is 0. The lowest BCUT2D eigenvalue weighted by molar-refractivity contribution is 0.113. The van der Waals surface area contributed by atoms with Gasteiger partial charge in [-0.2, -0.15) is 5.26 Å². The van der Waals surface area contributed by atoms with Crippen LogP contribution in [0.15, 0.2) is 60.7 Å². The Balaban J connectivity index is 1.71. The van der Waals surface area contributed by atoms with Crippen LogP contribution < -0.4 is 5.32 Å².